The second-order valence-corrected chi connectivity index (χ2v) is 9.09. The maximum absolute atomic E-state index is 12.3. The van der Waals surface area contributed by atoms with Gasteiger partial charge in [0.2, 0.25) is 0 Å². The fourth-order valence-electron chi connectivity index (χ4n) is 4.66. The van der Waals surface area contributed by atoms with Gasteiger partial charge >= 0.3 is 0 Å². The molecule has 2 aromatic carbocycles. The molecule has 2 aromatic rings. The standard InChI is InChI=1S/C27H39NO3/c1-4-5-9-18-31-25-14-12-24(13-15-25)27(29,22(2)3)26(23-10-7-6-8-11-23)21-28-16-19-30-20-17-28/h6-8,10-15,22,26,29H,4-5,9,16-21H2,1-3H3/p+1/t26-,27+/m1/s1. The lowest BCUT2D eigenvalue weighted by molar-refractivity contribution is -0.910. The summed E-state index contributed by atoms with van der Waals surface area (Å²) < 4.78 is 11.5. The number of unbranched alkanes of at least 4 members (excludes halogenated alkanes) is 2. The molecule has 0 aliphatic carbocycles. The van der Waals surface area contributed by atoms with E-state index in [0.717, 1.165) is 57.2 Å². The summed E-state index contributed by atoms with van der Waals surface area (Å²) in [7, 11) is 0. The molecule has 0 radical (unpaired) electrons. The Morgan fingerprint density at radius 3 is 2.29 bits per heavy atom. The van der Waals surface area contributed by atoms with Crippen LogP contribution in [0.5, 0.6) is 5.75 Å². The summed E-state index contributed by atoms with van der Waals surface area (Å²) in [6.07, 6.45) is 3.45. The summed E-state index contributed by atoms with van der Waals surface area (Å²) in [5.41, 5.74) is 1.19. The zero-order chi connectivity index (χ0) is 22.1. The largest absolute Gasteiger partial charge is 0.494 e. The van der Waals surface area contributed by atoms with Gasteiger partial charge in [0, 0.05) is 0 Å². The number of hydrogen-bond donors (Lipinski definition) is 2. The highest BCUT2D eigenvalue weighted by Gasteiger charge is 2.44. The molecule has 1 heterocycles. The van der Waals surface area contributed by atoms with Crippen LogP contribution in [0.3, 0.4) is 0 Å². The van der Waals surface area contributed by atoms with Crippen molar-refractivity contribution in [1.82, 2.24) is 0 Å². The predicted octanol–water partition coefficient (Wildman–Crippen LogP) is 3.80. The van der Waals surface area contributed by atoms with Gasteiger partial charge in [-0.2, -0.15) is 0 Å². The first-order chi connectivity index (χ1) is 15.1. The lowest BCUT2D eigenvalue weighted by Crippen LogP contribution is -3.14. The normalized spacial score (nSPS) is 18.0. The minimum Gasteiger partial charge on any atom is -0.494 e. The van der Waals surface area contributed by atoms with Crippen molar-refractivity contribution >= 4 is 0 Å². The first-order valence-electron chi connectivity index (χ1n) is 12.0. The van der Waals surface area contributed by atoms with Crippen LogP contribution in [0.2, 0.25) is 0 Å². The number of benzene rings is 2. The summed E-state index contributed by atoms with van der Waals surface area (Å²) in [6, 6.07) is 18.6. The Hall–Kier alpha value is -1.88. The number of hydrogen-bond acceptors (Lipinski definition) is 3. The van der Waals surface area contributed by atoms with Gasteiger partial charge in [0.1, 0.15) is 24.4 Å². The molecule has 1 fully saturated rings. The van der Waals surface area contributed by atoms with Crippen molar-refractivity contribution in [3.05, 3.63) is 65.7 Å². The molecule has 4 nitrogen and oxygen atoms in total. The fraction of sp³-hybridized carbons (Fsp3) is 0.556. The maximum atomic E-state index is 12.3. The van der Waals surface area contributed by atoms with Crippen molar-refractivity contribution in [3.63, 3.8) is 0 Å². The molecule has 0 unspecified atom stereocenters. The molecule has 1 aliphatic rings. The first kappa shape index (κ1) is 23.8. The highest BCUT2D eigenvalue weighted by Crippen LogP contribution is 2.42. The molecule has 2 atom stereocenters. The van der Waals surface area contributed by atoms with Crippen LogP contribution in [0.15, 0.2) is 54.6 Å². The molecule has 0 amide bonds. The molecule has 4 heteroatoms. The van der Waals surface area contributed by atoms with E-state index in [1.165, 1.54) is 23.3 Å². The lowest BCUT2D eigenvalue weighted by atomic mass is 9.70. The minimum atomic E-state index is -0.965. The average molecular weight is 427 g/mol. The summed E-state index contributed by atoms with van der Waals surface area (Å²) in [4.78, 5) is 1.50. The van der Waals surface area contributed by atoms with Gasteiger partial charge in [0.15, 0.2) is 0 Å². The van der Waals surface area contributed by atoms with Gasteiger partial charge < -0.3 is 19.5 Å². The third-order valence-corrected chi connectivity index (χ3v) is 6.64. The molecule has 0 spiro atoms. The van der Waals surface area contributed by atoms with Crippen molar-refractivity contribution in [2.75, 3.05) is 39.5 Å². The quantitative estimate of drug-likeness (QED) is 0.537. The number of morpholine rings is 1. The van der Waals surface area contributed by atoms with Crippen LogP contribution in [-0.4, -0.2) is 44.6 Å². The van der Waals surface area contributed by atoms with Crippen LogP contribution in [0, 0.1) is 5.92 Å². The predicted molar refractivity (Wildman–Crippen MR) is 126 cm³/mol. The first-order valence-corrected chi connectivity index (χ1v) is 12.0. The Morgan fingerprint density at radius 2 is 1.68 bits per heavy atom. The highest BCUT2D eigenvalue weighted by molar-refractivity contribution is 5.36. The van der Waals surface area contributed by atoms with Gasteiger partial charge in [0.05, 0.1) is 32.3 Å². The molecule has 2 N–H and O–H groups in total. The third-order valence-electron chi connectivity index (χ3n) is 6.64. The van der Waals surface area contributed by atoms with Crippen LogP contribution in [-0.2, 0) is 10.3 Å². The van der Waals surface area contributed by atoms with Crippen molar-refractivity contribution in [2.24, 2.45) is 5.92 Å². The van der Waals surface area contributed by atoms with Crippen molar-refractivity contribution in [1.29, 1.82) is 0 Å². The third kappa shape index (κ3) is 6.09. The monoisotopic (exact) mass is 426 g/mol. The molecule has 31 heavy (non-hydrogen) atoms. The van der Waals surface area contributed by atoms with Gasteiger partial charge in [-0.25, -0.2) is 0 Å². The SMILES string of the molecule is CCCCCOc1ccc([C@@](O)(C(C)C)[C@H](C[NH+]2CCOCC2)c2ccccc2)cc1. The molecule has 0 bridgehead atoms. The Labute approximate surface area is 188 Å². The molecule has 1 aliphatic heterocycles. The summed E-state index contributed by atoms with van der Waals surface area (Å²) in [5, 5.41) is 12.3. The van der Waals surface area contributed by atoms with Crippen LogP contribution >= 0.6 is 0 Å². The fourth-order valence-corrected chi connectivity index (χ4v) is 4.66. The Bertz CT molecular complexity index is 756. The van der Waals surface area contributed by atoms with E-state index in [0.29, 0.717) is 0 Å². The van der Waals surface area contributed by atoms with Crippen LogP contribution < -0.4 is 9.64 Å². The van der Waals surface area contributed by atoms with E-state index in [1.54, 1.807) is 0 Å². The van der Waals surface area contributed by atoms with Crippen molar-refractivity contribution in [2.45, 2.75) is 51.6 Å². The molecule has 3 rings (SSSR count). The molecule has 0 saturated carbocycles. The molecule has 170 valence electrons. The van der Waals surface area contributed by atoms with Crippen LogP contribution in [0.4, 0.5) is 0 Å². The summed E-state index contributed by atoms with van der Waals surface area (Å²) >= 11 is 0. The molecular formula is C27H40NO3+. The van der Waals surface area contributed by atoms with E-state index in [-0.39, 0.29) is 11.8 Å². The second-order valence-electron chi connectivity index (χ2n) is 9.09. The van der Waals surface area contributed by atoms with Gasteiger partial charge in [-0.1, -0.05) is 76.1 Å². The zero-order valence-corrected chi connectivity index (χ0v) is 19.5. The summed E-state index contributed by atoms with van der Waals surface area (Å²) in [6.45, 7) is 11.6. The lowest BCUT2D eigenvalue weighted by Gasteiger charge is -2.42. The molecule has 1 saturated heterocycles. The van der Waals surface area contributed by atoms with E-state index in [9.17, 15) is 5.11 Å². The second kappa shape index (κ2) is 11.7. The van der Waals surface area contributed by atoms with Gasteiger partial charge in [0.25, 0.3) is 0 Å². The Morgan fingerprint density at radius 1 is 1.00 bits per heavy atom. The van der Waals surface area contributed by atoms with Crippen LogP contribution in [0.1, 0.15) is 57.1 Å². The highest BCUT2D eigenvalue weighted by atomic mass is 16.5. The van der Waals surface area contributed by atoms with Gasteiger partial charge in [-0.15, -0.1) is 0 Å². The van der Waals surface area contributed by atoms with Gasteiger partial charge in [-0.05, 0) is 35.6 Å². The Kier molecular flexibility index (Phi) is 8.94. The molecular weight excluding hydrogens is 386 g/mol. The minimum absolute atomic E-state index is 0.00174. The number of quaternary nitrogens is 1. The van der Waals surface area contributed by atoms with Crippen molar-refractivity contribution < 1.29 is 19.5 Å². The van der Waals surface area contributed by atoms with Gasteiger partial charge in [-0.3, -0.25) is 0 Å². The smallest absolute Gasteiger partial charge is 0.119 e. The number of nitrogens with one attached hydrogen (secondary N) is 1. The average Bonchev–Trinajstić information content (AvgIpc) is 2.81. The number of ether oxygens (including phenoxy) is 2. The van der Waals surface area contributed by atoms with E-state index >= 15 is 0 Å². The maximum Gasteiger partial charge on any atom is 0.119 e. The zero-order valence-electron chi connectivity index (χ0n) is 19.5. The summed E-state index contributed by atoms with van der Waals surface area (Å²) in [5.74, 6) is 0.939. The number of rotatable bonds is 11. The topological polar surface area (TPSA) is 43.1 Å². The van der Waals surface area contributed by atoms with E-state index in [1.807, 2.05) is 18.2 Å². The molecule has 0 aromatic heterocycles. The van der Waals surface area contributed by atoms with E-state index in [4.69, 9.17) is 9.47 Å². The number of aliphatic hydroxyl groups is 1. The van der Waals surface area contributed by atoms with E-state index in [2.05, 4.69) is 57.2 Å². The van der Waals surface area contributed by atoms with Crippen molar-refractivity contribution in [3.8, 4) is 5.75 Å². The Balaban J connectivity index is 1.87. The van der Waals surface area contributed by atoms with Crippen LogP contribution in [0.25, 0.3) is 0 Å². The van der Waals surface area contributed by atoms with E-state index < -0.39 is 5.60 Å².